The first-order valence-electron chi connectivity index (χ1n) is 7.81. The maximum absolute atomic E-state index is 8.91. The molecule has 0 bridgehead atoms. The van der Waals surface area contributed by atoms with Gasteiger partial charge in [-0.25, -0.2) is 0 Å². The molecule has 0 heterocycles. The summed E-state index contributed by atoms with van der Waals surface area (Å²) >= 11 is 0. The van der Waals surface area contributed by atoms with Gasteiger partial charge < -0.3 is 5.32 Å². The van der Waals surface area contributed by atoms with Crippen molar-refractivity contribution in [2.75, 3.05) is 18.9 Å². The lowest BCUT2D eigenvalue weighted by molar-refractivity contribution is 0.302. The van der Waals surface area contributed by atoms with Crippen molar-refractivity contribution in [2.24, 2.45) is 16.3 Å². The Kier molecular flexibility index (Phi) is 7.38. The third kappa shape index (κ3) is 6.57. The SMILES string of the molecule is CC(CCN(C)/N=N\C(C)C(C)C)Nc1cccc(C#N)c1. The van der Waals surface area contributed by atoms with Gasteiger partial charge in [-0.1, -0.05) is 25.1 Å². The number of nitrogens with one attached hydrogen (secondary N) is 1. The maximum atomic E-state index is 8.91. The molecule has 0 saturated carbocycles. The molecule has 1 N–H and O–H groups in total. The van der Waals surface area contributed by atoms with E-state index in [2.05, 4.69) is 49.4 Å². The lowest BCUT2D eigenvalue weighted by Gasteiger charge is -2.19. The van der Waals surface area contributed by atoms with E-state index < -0.39 is 0 Å². The molecular formula is C17H27N5. The van der Waals surface area contributed by atoms with Crippen LogP contribution in [0.2, 0.25) is 0 Å². The highest BCUT2D eigenvalue weighted by Crippen LogP contribution is 2.12. The van der Waals surface area contributed by atoms with Crippen molar-refractivity contribution in [3.8, 4) is 6.07 Å². The second-order valence-corrected chi connectivity index (χ2v) is 6.10. The Balaban J connectivity index is 2.39. The average Bonchev–Trinajstić information content (AvgIpc) is 2.50. The molecule has 0 radical (unpaired) electrons. The van der Waals surface area contributed by atoms with Crippen LogP contribution >= 0.6 is 0 Å². The van der Waals surface area contributed by atoms with E-state index >= 15 is 0 Å². The highest BCUT2D eigenvalue weighted by Gasteiger charge is 2.06. The number of rotatable bonds is 8. The number of nitriles is 1. The third-order valence-corrected chi connectivity index (χ3v) is 3.64. The van der Waals surface area contributed by atoms with Gasteiger partial charge in [-0.15, -0.1) is 0 Å². The van der Waals surface area contributed by atoms with Crippen molar-refractivity contribution in [3.63, 3.8) is 0 Å². The second-order valence-electron chi connectivity index (χ2n) is 6.10. The number of nitrogens with zero attached hydrogens (tertiary/aromatic N) is 4. The molecule has 0 aliphatic heterocycles. The van der Waals surface area contributed by atoms with Crippen LogP contribution in [0.25, 0.3) is 0 Å². The fourth-order valence-electron chi connectivity index (χ4n) is 1.76. The van der Waals surface area contributed by atoms with Crippen molar-refractivity contribution in [3.05, 3.63) is 29.8 Å². The monoisotopic (exact) mass is 301 g/mol. The molecule has 0 saturated heterocycles. The number of benzene rings is 1. The van der Waals surface area contributed by atoms with Crippen LogP contribution in [0.4, 0.5) is 5.69 Å². The van der Waals surface area contributed by atoms with Gasteiger partial charge in [0, 0.05) is 25.3 Å². The van der Waals surface area contributed by atoms with Crippen LogP contribution in [-0.2, 0) is 0 Å². The number of anilines is 1. The quantitative estimate of drug-likeness (QED) is 0.581. The molecule has 2 atom stereocenters. The van der Waals surface area contributed by atoms with Crippen molar-refractivity contribution in [2.45, 2.75) is 46.2 Å². The minimum atomic E-state index is 0.242. The molecule has 0 aliphatic rings. The van der Waals surface area contributed by atoms with Crippen molar-refractivity contribution >= 4 is 5.69 Å². The fraction of sp³-hybridized carbons (Fsp3) is 0.588. The molecule has 0 amide bonds. The topological polar surface area (TPSA) is 63.8 Å². The Labute approximate surface area is 134 Å². The van der Waals surface area contributed by atoms with Crippen LogP contribution in [0.15, 0.2) is 34.6 Å². The first-order chi connectivity index (χ1) is 10.4. The molecule has 0 fully saturated rings. The normalized spacial score (nSPS) is 13.9. The van der Waals surface area contributed by atoms with Gasteiger partial charge in [0.2, 0.25) is 0 Å². The highest BCUT2D eigenvalue weighted by atomic mass is 15.5. The van der Waals surface area contributed by atoms with Gasteiger partial charge in [0.25, 0.3) is 0 Å². The van der Waals surface area contributed by atoms with Crippen molar-refractivity contribution in [1.82, 2.24) is 5.01 Å². The molecule has 5 nitrogen and oxygen atoms in total. The maximum Gasteiger partial charge on any atom is 0.0992 e. The fourth-order valence-corrected chi connectivity index (χ4v) is 1.76. The number of hydrogen-bond acceptors (Lipinski definition) is 4. The minimum absolute atomic E-state index is 0.242. The summed E-state index contributed by atoms with van der Waals surface area (Å²) in [5.74, 6) is 0.505. The van der Waals surface area contributed by atoms with E-state index in [0.717, 1.165) is 18.7 Å². The minimum Gasteiger partial charge on any atom is -0.382 e. The lowest BCUT2D eigenvalue weighted by Crippen LogP contribution is -2.22. The smallest absolute Gasteiger partial charge is 0.0992 e. The summed E-state index contributed by atoms with van der Waals surface area (Å²) in [6, 6.07) is 10.2. The van der Waals surface area contributed by atoms with Crippen LogP contribution < -0.4 is 5.32 Å². The van der Waals surface area contributed by atoms with Gasteiger partial charge in [-0.3, -0.25) is 5.01 Å². The molecule has 2 unspecified atom stereocenters. The Morgan fingerprint density at radius 2 is 2.00 bits per heavy atom. The van der Waals surface area contributed by atoms with E-state index in [1.54, 1.807) is 6.07 Å². The van der Waals surface area contributed by atoms with Crippen LogP contribution in [0.1, 0.15) is 39.7 Å². The third-order valence-electron chi connectivity index (χ3n) is 3.64. The van der Waals surface area contributed by atoms with Crippen LogP contribution in [0.5, 0.6) is 0 Å². The van der Waals surface area contributed by atoms with E-state index in [4.69, 9.17) is 5.26 Å². The molecule has 22 heavy (non-hydrogen) atoms. The van der Waals surface area contributed by atoms with E-state index in [1.165, 1.54) is 0 Å². The molecule has 1 aromatic carbocycles. The average molecular weight is 301 g/mol. The van der Waals surface area contributed by atoms with E-state index in [0.29, 0.717) is 17.5 Å². The molecule has 1 aromatic rings. The summed E-state index contributed by atoms with van der Waals surface area (Å²) in [5.41, 5.74) is 1.65. The summed E-state index contributed by atoms with van der Waals surface area (Å²) in [6.45, 7) is 9.33. The van der Waals surface area contributed by atoms with E-state index in [9.17, 15) is 0 Å². The van der Waals surface area contributed by atoms with Crippen LogP contribution in [0.3, 0.4) is 0 Å². The van der Waals surface area contributed by atoms with Gasteiger partial charge in [-0.05, 0) is 44.4 Å². The largest absolute Gasteiger partial charge is 0.382 e. The van der Waals surface area contributed by atoms with Crippen molar-refractivity contribution < 1.29 is 0 Å². The standard InChI is InChI=1S/C17H27N5/c1-13(2)15(4)20-21-22(5)10-9-14(3)19-17-8-6-7-16(11-17)12-18/h6-8,11,13-15,19H,9-10H2,1-5H3/b21-20-. The zero-order valence-electron chi connectivity index (χ0n) is 14.2. The molecule has 120 valence electrons. The molecule has 0 spiro atoms. The molecule has 0 aliphatic carbocycles. The van der Waals surface area contributed by atoms with Crippen LogP contribution in [0, 0.1) is 17.2 Å². The first kappa shape index (κ1) is 18.0. The Bertz CT molecular complexity index is 518. The van der Waals surface area contributed by atoms with Gasteiger partial charge in [-0.2, -0.15) is 10.4 Å². The Morgan fingerprint density at radius 1 is 1.27 bits per heavy atom. The molecular weight excluding hydrogens is 274 g/mol. The lowest BCUT2D eigenvalue weighted by atomic mass is 10.1. The zero-order chi connectivity index (χ0) is 16.5. The van der Waals surface area contributed by atoms with Crippen molar-refractivity contribution in [1.29, 1.82) is 5.26 Å². The van der Waals surface area contributed by atoms with Gasteiger partial charge in [0.05, 0.1) is 17.7 Å². The first-order valence-corrected chi connectivity index (χ1v) is 7.81. The summed E-state index contributed by atoms with van der Waals surface area (Å²) < 4.78 is 0. The predicted octanol–water partition coefficient (Wildman–Crippen LogP) is 4.09. The molecule has 0 aromatic heterocycles. The van der Waals surface area contributed by atoms with Gasteiger partial charge in [0.15, 0.2) is 0 Å². The van der Waals surface area contributed by atoms with Crippen LogP contribution in [-0.4, -0.2) is 30.7 Å². The summed E-state index contributed by atoms with van der Waals surface area (Å²) in [4.78, 5) is 0. The van der Waals surface area contributed by atoms with Gasteiger partial charge in [0.1, 0.15) is 0 Å². The summed E-state index contributed by atoms with van der Waals surface area (Å²) in [5, 5.41) is 22.7. The Morgan fingerprint density at radius 3 is 2.64 bits per heavy atom. The van der Waals surface area contributed by atoms with Gasteiger partial charge >= 0.3 is 0 Å². The Hall–Kier alpha value is -2.09. The zero-order valence-corrected chi connectivity index (χ0v) is 14.2. The van der Waals surface area contributed by atoms with E-state index in [1.807, 2.05) is 30.3 Å². The second kappa shape index (κ2) is 9.04. The number of hydrogen-bond donors (Lipinski definition) is 1. The predicted molar refractivity (Wildman–Crippen MR) is 90.6 cm³/mol. The van der Waals surface area contributed by atoms with E-state index in [-0.39, 0.29) is 6.04 Å². The molecule has 5 heteroatoms. The highest BCUT2D eigenvalue weighted by molar-refractivity contribution is 5.49. The molecule has 1 rings (SSSR count). The summed E-state index contributed by atoms with van der Waals surface area (Å²) in [7, 11) is 1.94. The summed E-state index contributed by atoms with van der Waals surface area (Å²) in [6.07, 6.45) is 0.947.